The third-order valence-corrected chi connectivity index (χ3v) is 5.74. The van der Waals surface area contributed by atoms with Gasteiger partial charge in [-0.1, -0.05) is 12.1 Å². The Balaban J connectivity index is 1.47. The molecule has 0 fully saturated rings. The van der Waals surface area contributed by atoms with Crippen molar-refractivity contribution in [2.45, 2.75) is 4.90 Å². The summed E-state index contributed by atoms with van der Waals surface area (Å²) >= 11 is 0. The van der Waals surface area contributed by atoms with E-state index in [1.807, 2.05) is 0 Å². The number of fused-ring (bicyclic) bond motifs is 2. The lowest BCUT2D eigenvalue weighted by molar-refractivity contribution is 0.0631. The number of carbonyl (C=O) groups is 4. The standard InChI is InChI=1S/C18H12N2O7S/c21-15-11-6-5-10(9-14(11)16(22)19-15)28(25,26)27-8-7-20-17(23)12-3-1-2-4-13(12)18(20)24/h1-6,9H,7-8H2,(H,19,21,22). The lowest BCUT2D eigenvalue weighted by Crippen LogP contribution is -2.33. The van der Waals surface area contributed by atoms with Crippen LogP contribution < -0.4 is 5.32 Å². The number of nitrogens with zero attached hydrogens (tertiary/aromatic N) is 1. The maximum absolute atomic E-state index is 12.3. The van der Waals surface area contributed by atoms with E-state index < -0.39 is 40.4 Å². The van der Waals surface area contributed by atoms with Crippen molar-refractivity contribution in [1.29, 1.82) is 0 Å². The molecule has 9 nitrogen and oxygen atoms in total. The van der Waals surface area contributed by atoms with Gasteiger partial charge in [0.1, 0.15) is 0 Å². The molecule has 0 unspecified atom stereocenters. The molecule has 0 bridgehead atoms. The minimum absolute atomic E-state index is 0.0602. The Kier molecular flexibility index (Phi) is 4.09. The van der Waals surface area contributed by atoms with Crippen LogP contribution in [0.3, 0.4) is 0 Å². The van der Waals surface area contributed by atoms with Crippen molar-refractivity contribution in [2.75, 3.05) is 13.2 Å². The summed E-state index contributed by atoms with van der Waals surface area (Å²) in [6.45, 7) is -0.703. The van der Waals surface area contributed by atoms with Gasteiger partial charge in [0, 0.05) is 0 Å². The highest BCUT2D eigenvalue weighted by Crippen LogP contribution is 2.23. The lowest BCUT2D eigenvalue weighted by atomic mass is 10.1. The number of amides is 4. The van der Waals surface area contributed by atoms with Gasteiger partial charge in [-0.2, -0.15) is 8.42 Å². The van der Waals surface area contributed by atoms with E-state index >= 15 is 0 Å². The van der Waals surface area contributed by atoms with Gasteiger partial charge in [-0.25, -0.2) is 0 Å². The van der Waals surface area contributed by atoms with Crippen LogP contribution in [0.2, 0.25) is 0 Å². The topological polar surface area (TPSA) is 127 Å². The summed E-state index contributed by atoms with van der Waals surface area (Å²) in [6.07, 6.45) is 0. The van der Waals surface area contributed by atoms with Gasteiger partial charge >= 0.3 is 0 Å². The van der Waals surface area contributed by atoms with Crippen molar-refractivity contribution < 1.29 is 31.8 Å². The van der Waals surface area contributed by atoms with Gasteiger partial charge in [-0.3, -0.25) is 33.6 Å². The molecule has 4 amide bonds. The predicted octanol–water partition coefficient (Wildman–Crippen LogP) is 0.572. The predicted molar refractivity (Wildman–Crippen MR) is 93.2 cm³/mol. The Morgan fingerprint density at radius 1 is 0.821 bits per heavy atom. The smallest absolute Gasteiger partial charge is 0.288 e. The van der Waals surface area contributed by atoms with Gasteiger partial charge in [-0.05, 0) is 30.3 Å². The molecule has 2 aromatic carbocycles. The van der Waals surface area contributed by atoms with Crippen LogP contribution in [-0.4, -0.2) is 50.1 Å². The Morgan fingerprint density at radius 2 is 1.43 bits per heavy atom. The van der Waals surface area contributed by atoms with E-state index in [4.69, 9.17) is 4.18 Å². The van der Waals surface area contributed by atoms with Gasteiger partial charge in [0.05, 0.1) is 40.3 Å². The monoisotopic (exact) mass is 400 g/mol. The number of hydrogen-bond donors (Lipinski definition) is 1. The number of carbonyl (C=O) groups excluding carboxylic acids is 4. The molecule has 0 radical (unpaired) electrons. The molecule has 2 aliphatic rings. The highest BCUT2D eigenvalue weighted by molar-refractivity contribution is 7.86. The molecule has 0 spiro atoms. The van der Waals surface area contributed by atoms with Crippen LogP contribution in [0, 0.1) is 0 Å². The van der Waals surface area contributed by atoms with Gasteiger partial charge in [0.15, 0.2) is 0 Å². The molecule has 1 N–H and O–H groups in total. The van der Waals surface area contributed by atoms with Gasteiger partial charge in [0.25, 0.3) is 33.7 Å². The average Bonchev–Trinajstić information content (AvgIpc) is 3.10. The van der Waals surface area contributed by atoms with Crippen LogP contribution in [0.5, 0.6) is 0 Å². The molecule has 2 aromatic rings. The minimum Gasteiger partial charge on any atom is -0.288 e. The summed E-state index contributed by atoms with van der Waals surface area (Å²) in [6, 6.07) is 9.71. The van der Waals surface area contributed by atoms with Gasteiger partial charge in [-0.15, -0.1) is 0 Å². The fourth-order valence-electron chi connectivity index (χ4n) is 3.05. The summed E-state index contributed by atoms with van der Waals surface area (Å²) in [5.74, 6) is -2.33. The normalized spacial score (nSPS) is 15.6. The van der Waals surface area contributed by atoms with Crippen molar-refractivity contribution in [3.05, 3.63) is 64.7 Å². The maximum Gasteiger partial charge on any atom is 0.297 e. The Hall–Kier alpha value is -3.37. The molecular formula is C18H12N2O7S. The molecule has 2 aliphatic heterocycles. The zero-order chi connectivity index (χ0) is 20.1. The Morgan fingerprint density at radius 3 is 2.07 bits per heavy atom. The number of nitrogens with one attached hydrogen (secondary N) is 1. The Bertz CT molecular complexity index is 1140. The van der Waals surface area contributed by atoms with Crippen molar-refractivity contribution in [3.8, 4) is 0 Å². The van der Waals surface area contributed by atoms with Crippen LogP contribution in [-0.2, 0) is 14.3 Å². The fraction of sp³-hybridized carbons (Fsp3) is 0.111. The van der Waals surface area contributed by atoms with Crippen LogP contribution in [0.1, 0.15) is 41.4 Å². The van der Waals surface area contributed by atoms with E-state index in [1.165, 1.54) is 18.2 Å². The van der Waals surface area contributed by atoms with E-state index in [0.717, 1.165) is 17.0 Å². The third kappa shape index (κ3) is 2.79. The second-order valence-corrected chi connectivity index (χ2v) is 7.69. The first-order valence-electron chi connectivity index (χ1n) is 8.14. The van der Waals surface area contributed by atoms with E-state index in [2.05, 4.69) is 5.32 Å². The highest BCUT2D eigenvalue weighted by atomic mass is 32.2. The first-order chi connectivity index (χ1) is 13.3. The third-order valence-electron chi connectivity index (χ3n) is 4.43. The van der Waals surface area contributed by atoms with Gasteiger partial charge < -0.3 is 0 Å². The summed E-state index contributed by atoms with van der Waals surface area (Å²) in [5, 5.41) is 2.06. The summed E-state index contributed by atoms with van der Waals surface area (Å²) in [4.78, 5) is 48.3. The summed E-state index contributed by atoms with van der Waals surface area (Å²) < 4.78 is 29.6. The number of imide groups is 2. The van der Waals surface area contributed by atoms with Gasteiger partial charge in [0.2, 0.25) is 0 Å². The second kappa shape index (κ2) is 6.36. The molecule has 0 aliphatic carbocycles. The molecule has 142 valence electrons. The van der Waals surface area contributed by atoms with Crippen LogP contribution in [0.4, 0.5) is 0 Å². The zero-order valence-electron chi connectivity index (χ0n) is 14.2. The van der Waals surface area contributed by atoms with E-state index in [-0.39, 0.29) is 33.7 Å². The molecule has 10 heteroatoms. The van der Waals surface area contributed by atoms with Crippen molar-refractivity contribution >= 4 is 33.7 Å². The van der Waals surface area contributed by atoms with E-state index in [0.29, 0.717) is 0 Å². The maximum atomic E-state index is 12.3. The fourth-order valence-corrected chi connectivity index (χ4v) is 3.98. The zero-order valence-corrected chi connectivity index (χ0v) is 15.0. The molecule has 28 heavy (non-hydrogen) atoms. The number of benzene rings is 2. The molecule has 0 aromatic heterocycles. The SMILES string of the molecule is O=C1NC(=O)c2cc(S(=O)(=O)OCCN3C(=O)c4ccccc4C3=O)ccc21. The lowest BCUT2D eigenvalue weighted by Gasteiger charge is -2.14. The molecule has 4 rings (SSSR count). The molecule has 0 atom stereocenters. The number of hydrogen-bond acceptors (Lipinski definition) is 7. The summed E-state index contributed by atoms with van der Waals surface area (Å²) in [5.41, 5.74) is 0.527. The average molecular weight is 400 g/mol. The molecule has 2 heterocycles. The first kappa shape index (κ1) is 18.0. The van der Waals surface area contributed by atoms with Crippen molar-refractivity contribution in [3.63, 3.8) is 0 Å². The molecule has 0 saturated carbocycles. The second-order valence-electron chi connectivity index (χ2n) is 6.07. The van der Waals surface area contributed by atoms with Crippen LogP contribution in [0.25, 0.3) is 0 Å². The minimum atomic E-state index is -4.26. The van der Waals surface area contributed by atoms with Crippen LogP contribution >= 0.6 is 0 Å². The van der Waals surface area contributed by atoms with E-state index in [1.54, 1.807) is 12.1 Å². The summed E-state index contributed by atoms with van der Waals surface area (Å²) in [7, 11) is -4.26. The molecule has 0 saturated heterocycles. The first-order valence-corrected chi connectivity index (χ1v) is 9.55. The Labute approximate surface area is 159 Å². The van der Waals surface area contributed by atoms with E-state index in [9.17, 15) is 27.6 Å². The quantitative estimate of drug-likeness (QED) is 0.574. The number of rotatable bonds is 5. The largest absolute Gasteiger partial charge is 0.297 e. The molecular weight excluding hydrogens is 388 g/mol. The van der Waals surface area contributed by atoms with Crippen molar-refractivity contribution in [2.24, 2.45) is 0 Å². The van der Waals surface area contributed by atoms with Crippen LogP contribution in [0.15, 0.2) is 47.4 Å². The van der Waals surface area contributed by atoms with Crippen molar-refractivity contribution in [1.82, 2.24) is 10.2 Å². The highest BCUT2D eigenvalue weighted by Gasteiger charge is 2.35.